The summed E-state index contributed by atoms with van der Waals surface area (Å²) in [7, 11) is 0. The van der Waals surface area contributed by atoms with E-state index >= 15 is 0 Å². The van der Waals surface area contributed by atoms with Crippen molar-refractivity contribution in [1.82, 2.24) is 29.5 Å². The maximum absolute atomic E-state index is 11.9. The van der Waals surface area contributed by atoms with Crippen molar-refractivity contribution in [3.05, 3.63) is 54.7 Å². The highest BCUT2D eigenvalue weighted by Gasteiger charge is 2.16. The molecule has 0 saturated carbocycles. The van der Waals surface area contributed by atoms with Gasteiger partial charge in [-0.1, -0.05) is 6.07 Å². The minimum atomic E-state index is -1.03. The van der Waals surface area contributed by atoms with Gasteiger partial charge >= 0.3 is 5.97 Å². The Labute approximate surface area is 152 Å². The first-order chi connectivity index (χ1) is 13.0. The number of ketones is 1. The number of aromatic nitrogens is 6. The van der Waals surface area contributed by atoms with Crippen LogP contribution in [0.3, 0.4) is 0 Å². The molecule has 27 heavy (non-hydrogen) atoms. The summed E-state index contributed by atoms with van der Waals surface area (Å²) in [6, 6.07) is 7.14. The van der Waals surface area contributed by atoms with Gasteiger partial charge in [-0.05, 0) is 23.8 Å². The average molecular weight is 362 g/mol. The van der Waals surface area contributed by atoms with E-state index in [0.29, 0.717) is 16.9 Å². The van der Waals surface area contributed by atoms with Crippen LogP contribution in [0.1, 0.15) is 17.4 Å². The molecular formula is C18H14N6O3. The van der Waals surface area contributed by atoms with Crippen molar-refractivity contribution >= 4 is 22.7 Å². The van der Waals surface area contributed by atoms with Crippen LogP contribution in [0.5, 0.6) is 0 Å². The van der Waals surface area contributed by atoms with Crippen LogP contribution in [0, 0.1) is 0 Å². The molecule has 4 aromatic rings. The first kappa shape index (κ1) is 16.6. The third-order valence-electron chi connectivity index (χ3n) is 4.05. The molecule has 3 aromatic heterocycles. The molecule has 4 rings (SSSR count). The van der Waals surface area contributed by atoms with Crippen molar-refractivity contribution in [3.8, 4) is 17.1 Å². The van der Waals surface area contributed by atoms with E-state index in [0.717, 1.165) is 11.1 Å². The number of aliphatic carboxylic acids is 1. The van der Waals surface area contributed by atoms with Crippen LogP contribution in [0.25, 0.3) is 28.0 Å². The third kappa shape index (κ3) is 3.06. The fourth-order valence-electron chi connectivity index (χ4n) is 2.84. The second-order valence-corrected chi connectivity index (χ2v) is 5.91. The minimum absolute atomic E-state index is 0.230. The van der Waals surface area contributed by atoms with Gasteiger partial charge in [0.15, 0.2) is 5.78 Å². The molecule has 9 nitrogen and oxygen atoms in total. The number of hydrogen-bond donors (Lipinski definition) is 1. The molecule has 0 amide bonds. The van der Waals surface area contributed by atoms with Crippen molar-refractivity contribution in [2.45, 2.75) is 13.5 Å². The van der Waals surface area contributed by atoms with Crippen LogP contribution in [0.2, 0.25) is 0 Å². The highest BCUT2D eigenvalue weighted by molar-refractivity contribution is 6.06. The summed E-state index contributed by atoms with van der Waals surface area (Å²) < 4.78 is 2.87. The minimum Gasteiger partial charge on any atom is -0.480 e. The fraction of sp³-hybridized carbons (Fsp3) is 0.111. The summed E-state index contributed by atoms with van der Waals surface area (Å²) in [6.07, 6.45) is 6.72. The molecule has 1 aromatic carbocycles. The molecule has 0 saturated heterocycles. The molecule has 3 heterocycles. The predicted molar refractivity (Wildman–Crippen MR) is 95.5 cm³/mol. The molecule has 0 aliphatic carbocycles. The van der Waals surface area contributed by atoms with Gasteiger partial charge < -0.3 is 5.11 Å². The molecule has 0 aliphatic heterocycles. The molecule has 0 fully saturated rings. The summed E-state index contributed by atoms with van der Waals surface area (Å²) in [5, 5.41) is 17.9. The maximum atomic E-state index is 11.9. The number of Topliss-reactive ketones (excluding diaryl/α,β-unsaturated/α-hetero) is 1. The molecule has 0 atom stereocenters. The standard InChI is InChI=1S/C18H14N6O3/c1-11(25)17-14-7-12(3-4-15(14)24(22-17)10-16(26)27)13-8-19-18(20-9-13)23-6-2-5-21-23/h2-9H,10H2,1H3,(H,26,27). The number of benzene rings is 1. The second kappa shape index (κ2) is 6.45. The van der Waals surface area contributed by atoms with E-state index in [2.05, 4.69) is 20.2 Å². The van der Waals surface area contributed by atoms with E-state index in [9.17, 15) is 9.59 Å². The smallest absolute Gasteiger partial charge is 0.325 e. The fourth-order valence-corrected chi connectivity index (χ4v) is 2.84. The summed E-state index contributed by atoms with van der Waals surface area (Å²) >= 11 is 0. The van der Waals surface area contributed by atoms with Crippen LogP contribution < -0.4 is 0 Å². The van der Waals surface area contributed by atoms with Crippen LogP contribution in [0.15, 0.2) is 49.1 Å². The average Bonchev–Trinajstić information content (AvgIpc) is 3.30. The van der Waals surface area contributed by atoms with Crippen molar-refractivity contribution in [2.24, 2.45) is 0 Å². The Kier molecular flexibility index (Phi) is 3.96. The van der Waals surface area contributed by atoms with E-state index < -0.39 is 5.97 Å². The van der Waals surface area contributed by atoms with E-state index in [1.165, 1.54) is 11.6 Å². The number of fused-ring (bicyclic) bond motifs is 1. The molecule has 0 unspecified atom stereocenters. The van der Waals surface area contributed by atoms with Gasteiger partial charge in [-0.2, -0.15) is 10.2 Å². The molecule has 0 aliphatic rings. The third-order valence-corrected chi connectivity index (χ3v) is 4.05. The number of carbonyl (C=O) groups is 2. The number of carboxylic acids is 1. The quantitative estimate of drug-likeness (QED) is 0.540. The topological polar surface area (TPSA) is 116 Å². The first-order valence-electron chi connectivity index (χ1n) is 8.08. The number of nitrogens with zero attached hydrogens (tertiary/aromatic N) is 6. The summed E-state index contributed by atoms with van der Waals surface area (Å²) in [5.74, 6) is -0.809. The Bertz CT molecular complexity index is 1150. The molecule has 0 spiro atoms. The lowest BCUT2D eigenvalue weighted by Gasteiger charge is -2.04. The Hall–Kier alpha value is -3.88. The van der Waals surface area contributed by atoms with Gasteiger partial charge in [-0.3, -0.25) is 14.3 Å². The lowest BCUT2D eigenvalue weighted by Crippen LogP contribution is -2.10. The number of hydrogen-bond acceptors (Lipinski definition) is 6. The molecule has 0 radical (unpaired) electrons. The molecule has 9 heteroatoms. The van der Waals surface area contributed by atoms with E-state index in [-0.39, 0.29) is 18.0 Å². The Morgan fingerprint density at radius 3 is 2.56 bits per heavy atom. The first-order valence-corrected chi connectivity index (χ1v) is 8.08. The predicted octanol–water partition coefficient (Wildman–Crippen LogP) is 1.97. The van der Waals surface area contributed by atoms with Gasteiger partial charge in [0.2, 0.25) is 5.95 Å². The van der Waals surface area contributed by atoms with E-state index in [1.807, 2.05) is 6.07 Å². The highest BCUT2D eigenvalue weighted by Crippen LogP contribution is 2.26. The molecular weight excluding hydrogens is 348 g/mol. The van der Waals surface area contributed by atoms with Gasteiger partial charge in [-0.25, -0.2) is 14.6 Å². The Morgan fingerprint density at radius 2 is 1.93 bits per heavy atom. The van der Waals surface area contributed by atoms with Crippen LogP contribution in [-0.4, -0.2) is 46.4 Å². The van der Waals surface area contributed by atoms with E-state index in [4.69, 9.17) is 5.11 Å². The highest BCUT2D eigenvalue weighted by atomic mass is 16.4. The molecule has 1 N–H and O–H groups in total. The monoisotopic (exact) mass is 362 g/mol. The SMILES string of the molecule is CC(=O)c1nn(CC(=O)O)c2ccc(-c3cnc(-n4cccn4)nc3)cc12. The van der Waals surface area contributed by atoms with Crippen molar-refractivity contribution < 1.29 is 14.7 Å². The largest absolute Gasteiger partial charge is 0.480 e. The van der Waals surface area contributed by atoms with Gasteiger partial charge in [0.05, 0.1) is 5.52 Å². The van der Waals surface area contributed by atoms with Crippen molar-refractivity contribution in [3.63, 3.8) is 0 Å². The lowest BCUT2D eigenvalue weighted by atomic mass is 10.0. The maximum Gasteiger partial charge on any atom is 0.325 e. The van der Waals surface area contributed by atoms with E-state index in [1.54, 1.807) is 47.7 Å². The Balaban J connectivity index is 1.77. The number of carboxylic acid groups (broad SMARTS) is 1. The van der Waals surface area contributed by atoms with Gasteiger partial charge in [-0.15, -0.1) is 0 Å². The molecule has 134 valence electrons. The normalized spacial score (nSPS) is 11.0. The van der Waals surface area contributed by atoms with Crippen molar-refractivity contribution in [2.75, 3.05) is 0 Å². The summed E-state index contributed by atoms with van der Waals surface area (Å²) in [5.41, 5.74) is 2.38. The zero-order valence-electron chi connectivity index (χ0n) is 14.3. The molecule has 0 bridgehead atoms. The van der Waals surface area contributed by atoms with Gasteiger partial charge in [0.25, 0.3) is 0 Å². The summed E-state index contributed by atoms with van der Waals surface area (Å²) in [4.78, 5) is 31.6. The Morgan fingerprint density at radius 1 is 1.15 bits per heavy atom. The number of rotatable bonds is 5. The zero-order valence-corrected chi connectivity index (χ0v) is 14.3. The number of carbonyl (C=O) groups excluding carboxylic acids is 1. The van der Waals surface area contributed by atoms with Crippen LogP contribution >= 0.6 is 0 Å². The van der Waals surface area contributed by atoms with Gasteiger partial charge in [0, 0.05) is 42.7 Å². The van der Waals surface area contributed by atoms with Crippen LogP contribution in [0.4, 0.5) is 0 Å². The summed E-state index contributed by atoms with van der Waals surface area (Å²) in [6.45, 7) is 1.09. The lowest BCUT2D eigenvalue weighted by molar-refractivity contribution is -0.137. The van der Waals surface area contributed by atoms with Crippen LogP contribution in [-0.2, 0) is 11.3 Å². The van der Waals surface area contributed by atoms with Gasteiger partial charge in [0.1, 0.15) is 12.2 Å². The second-order valence-electron chi connectivity index (χ2n) is 5.91. The zero-order chi connectivity index (χ0) is 19.0. The van der Waals surface area contributed by atoms with Crippen molar-refractivity contribution in [1.29, 1.82) is 0 Å².